The van der Waals surface area contributed by atoms with Gasteiger partial charge in [-0.25, -0.2) is 4.79 Å². The molecular formula is C15H21ClO3. The SMILES string of the molecule is CCOC(=O)c1c(OCC(C)C)cc(C)c(Cl)c1C. The highest BCUT2D eigenvalue weighted by Crippen LogP contribution is 2.32. The molecule has 1 rings (SSSR count). The number of carbonyl (C=O) groups excluding carboxylic acids is 1. The number of esters is 1. The third-order valence-corrected chi connectivity index (χ3v) is 3.28. The molecule has 106 valence electrons. The van der Waals surface area contributed by atoms with Crippen LogP contribution in [-0.4, -0.2) is 19.2 Å². The van der Waals surface area contributed by atoms with Crippen LogP contribution in [0.15, 0.2) is 6.07 Å². The van der Waals surface area contributed by atoms with Crippen molar-refractivity contribution >= 4 is 17.6 Å². The monoisotopic (exact) mass is 284 g/mol. The minimum Gasteiger partial charge on any atom is -0.492 e. The number of hydrogen-bond donors (Lipinski definition) is 0. The Morgan fingerprint density at radius 3 is 2.53 bits per heavy atom. The van der Waals surface area contributed by atoms with Crippen molar-refractivity contribution in [3.63, 3.8) is 0 Å². The van der Waals surface area contributed by atoms with Crippen LogP contribution in [0, 0.1) is 19.8 Å². The first-order valence-electron chi connectivity index (χ1n) is 6.48. The molecule has 0 saturated carbocycles. The fourth-order valence-corrected chi connectivity index (χ4v) is 1.90. The van der Waals surface area contributed by atoms with E-state index in [2.05, 4.69) is 13.8 Å². The molecule has 0 atom stereocenters. The molecule has 1 aromatic rings. The van der Waals surface area contributed by atoms with Crippen molar-refractivity contribution in [2.45, 2.75) is 34.6 Å². The summed E-state index contributed by atoms with van der Waals surface area (Å²) in [5, 5.41) is 0.583. The maximum atomic E-state index is 12.0. The molecule has 1 aromatic carbocycles. The predicted octanol–water partition coefficient (Wildman–Crippen LogP) is 4.17. The van der Waals surface area contributed by atoms with E-state index in [9.17, 15) is 4.79 Å². The van der Waals surface area contributed by atoms with E-state index in [1.54, 1.807) is 13.0 Å². The third-order valence-electron chi connectivity index (χ3n) is 2.70. The molecule has 19 heavy (non-hydrogen) atoms. The lowest BCUT2D eigenvalue weighted by Gasteiger charge is -2.16. The summed E-state index contributed by atoms with van der Waals surface area (Å²) < 4.78 is 10.8. The minimum absolute atomic E-state index is 0.327. The van der Waals surface area contributed by atoms with Gasteiger partial charge in [0.2, 0.25) is 0 Å². The van der Waals surface area contributed by atoms with Crippen molar-refractivity contribution in [2.24, 2.45) is 5.92 Å². The summed E-state index contributed by atoms with van der Waals surface area (Å²) in [6.07, 6.45) is 0. The molecule has 0 heterocycles. The smallest absolute Gasteiger partial charge is 0.342 e. The van der Waals surface area contributed by atoms with Crippen LogP contribution in [0.1, 0.15) is 42.3 Å². The minimum atomic E-state index is -0.388. The predicted molar refractivity (Wildman–Crippen MR) is 77.2 cm³/mol. The molecule has 0 bridgehead atoms. The van der Waals surface area contributed by atoms with Crippen LogP contribution in [0.25, 0.3) is 0 Å². The Bertz CT molecular complexity index is 467. The summed E-state index contributed by atoms with van der Waals surface area (Å²) in [6, 6.07) is 1.80. The molecule has 3 nitrogen and oxygen atoms in total. The first-order chi connectivity index (χ1) is 8.88. The van der Waals surface area contributed by atoms with Gasteiger partial charge in [0, 0.05) is 5.02 Å². The van der Waals surface area contributed by atoms with Crippen molar-refractivity contribution in [3.05, 3.63) is 27.8 Å². The fourth-order valence-electron chi connectivity index (χ4n) is 1.75. The van der Waals surface area contributed by atoms with E-state index >= 15 is 0 Å². The number of rotatable bonds is 5. The van der Waals surface area contributed by atoms with E-state index in [1.807, 2.05) is 13.8 Å². The van der Waals surface area contributed by atoms with Crippen LogP contribution in [0.5, 0.6) is 5.75 Å². The van der Waals surface area contributed by atoms with Gasteiger partial charge in [0.15, 0.2) is 0 Å². The number of carbonyl (C=O) groups is 1. The van der Waals surface area contributed by atoms with Crippen LogP contribution in [0.4, 0.5) is 0 Å². The first kappa shape index (κ1) is 15.8. The molecule has 0 fully saturated rings. The molecule has 0 aliphatic heterocycles. The number of benzene rings is 1. The quantitative estimate of drug-likeness (QED) is 0.761. The molecule has 0 radical (unpaired) electrons. The van der Waals surface area contributed by atoms with Gasteiger partial charge in [-0.05, 0) is 43.9 Å². The Hall–Kier alpha value is -1.22. The molecular weight excluding hydrogens is 264 g/mol. The average molecular weight is 285 g/mol. The Morgan fingerprint density at radius 2 is 2.00 bits per heavy atom. The Balaban J connectivity index is 3.22. The maximum absolute atomic E-state index is 12.0. The van der Waals surface area contributed by atoms with Crippen LogP contribution in [-0.2, 0) is 4.74 Å². The molecule has 0 amide bonds. The van der Waals surface area contributed by atoms with Crippen LogP contribution >= 0.6 is 11.6 Å². The Labute approximate surface area is 119 Å². The zero-order chi connectivity index (χ0) is 14.6. The van der Waals surface area contributed by atoms with E-state index in [-0.39, 0.29) is 5.97 Å². The molecule has 4 heteroatoms. The second kappa shape index (κ2) is 6.80. The molecule has 0 aliphatic rings. The van der Waals surface area contributed by atoms with Crippen molar-refractivity contribution in [3.8, 4) is 5.75 Å². The van der Waals surface area contributed by atoms with Gasteiger partial charge in [-0.2, -0.15) is 0 Å². The first-order valence-corrected chi connectivity index (χ1v) is 6.85. The normalized spacial score (nSPS) is 10.7. The van der Waals surface area contributed by atoms with Gasteiger partial charge in [-0.1, -0.05) is 25.4 Å². The van der Waals surface area contributed by atoms with Gasteiger partial charge in [0.05, 0.1) is 13.2 Å². The lowest BCUT2D eigenvalue weighted by molar-refractivity contribution is 0.0520. The van der Waals surface area contributed by atoms with Crippen LogP contribution in [0.2, 0.25) is 5.02 Å². The summed E-state index contributed by atoms with van der Waals surface area (Å²) in [6.45, 7) is 10.5. The Kier molecular flexibility index (Phi) is 5.67. The van der Waals surface area contributed by atoms with Gasteiger partial charge >= 0.3 is 5.97 Å². The van der Waals surface area contributed by atoms with Crippen molar-refractivity contribution in [2.75, 3.05) is 13.2 Å². The maximum Gasteiger partial charge on any atom is 0.342 e. The zero-order valence-corrected chi connectivity index (χ0v) is 12.9. The Morgan fingerprint density at radius 1 is 1.37 bits per heavy atom. The van der Waals surface area contributed by atoms with E-state index in [1.165, 1.54) is 0 Å². The summed E-state index contributed by atoms with van der Waals surface area (Å²) >= 11 is 6.20. The van der Waals surface area contributed by atoms with Crippen molar-refractivity contribution in [1.82, 2.24) is 0 Å². The van der Waals surface area contributed by atoms with Gasteiger partial charge in [0.1, 0.15) is 11.3 Å². The van der Waals surface area contributed by atoms with Gasteiger partial charge in [0.25, 0.3) is 0 Å². The number of ether oxygens (including phenoxy) is 2. The van der Waals surface area contributed by atoms with Crippen LogP contribution in [0.3, 0.4) is 0 Å². The lowest BCUT2D eigenvalue weighted by atomic mass is 10.0. The molecule has 0 aliphatic carbocycles. The average Bonchev–Trinajstić information content (AvgIpc) is 2.33. The largest absolute Gasteiger partial charge is 0.492 e. The van der Waals surface area contributed by atoms with Gasteiger partial charge in [-0.15, -0.1) is 0 Å². The molecule has 0 spiro atoms. The summed E-state index contributed by atoms with van der Waals surface area (Å²) in [4.78, 5) is 12.0. The molecule has 0 N–H and O–H groups in total. The fraction of sp³-hybridized carbons (Fsp3) is 0.533. The van der Waals surface area contributed by atoms with E-state index in [0.29, 0.717) is 41.0 Å². The van der Waals surface area contributed by atoms with Crippen molar-refractivity contribution < 1.29 is 14.3 Å². The lowest BCUT2D eigenvalue weighted by Crippen LogP contribution is -2.13. The molecule has 0 saturated heterocycles. The van der Waals surface area contributed by atoms with E-state index in [0.717, 1.165) is 5.56 Å². The van der Waals surface area contributed by atoms with Crippen molar-refractivity contribution in [1.29, 1.82) is 0 Å². The highest BCUT2D eigenvalue weighted by atomic mass is 35.5. The highest BCUT2D eigenvalue weighted by Gasteiger charge is 2.21. The highest BCUT2D eigenvalue weighted by molar-refractivity contribution is 6.32. The van der Waals surface area contributed by atoms with E-state index in [4.69, 9.17) is 21.1 Å². The molecule has 0 unspecified atom stereocenters. The number of halogens is 1. The summed E-state index contributed by atoms with van der Waals surface area (Å²) in [5.41, 5.74) is 2.03. The van der Waals surface area contributed by atoms with Gasteiger partial charge in [-0.3, -0.25) is 0 Å². The van der Waals surface area contributed by atoms with Gasteiger partial charge < -0.3 is 9.47 Å². The second-order valence-corrected chi connectivity index (χ2v) is 5.31. The summed E-state index contributed by atoms with van der Waals surface area (Å²) in [7, 11) is 0. The standard InChI is InChI=1S/C15H21ClO3/c1-6-18-15(17)13-11(5)14(16)10(4)7-12(13)19-8-9(2)3/h7,9H,6,8H2,1-5H3. The number of aryl methyl sites for hydroxylation is 1. The second-order valence-electron chi connectivity index (χ2n) is 4.93. The van der Waals surface area contributed by atoms with Crippen LogP contribution < -0.4 is 4.74 Å². The number of hydrogen-bond acceptors (Lipinski definition) is 3. The molecule has 0 aromatic heterocycles. The van der Waals surface area contributed by atoms with E-state index < -0.39 is 0 Å². The zero-order valence-electron chi connectivity index (χ0n) is 12.2. The summed E-state index contributed by atoms with van der Waals surface area (Å²) in [5.74, 6) is 0.540. The third kappa shape index (κ3) is 3.87. The topological polar surface area (TPSA) is 35.5 Å².